The number of hydrogen-bond donors (Lipinski definition) is 1. The smallest absolute Gasteiger partial charge is 0.348 e. The third-order valence-electron chi connectivity index (χ3n) is 2.94. The van der Waals surface area contributed by atoms with Crippen LogP contribution in [0, 0.1) is 28.1 Å². The summed E-state index contributed by atoms with van der Waals surface area (Å²) in [6, 6.07) is 10.4. The third kappa shape index (κ3) is 4.71. The van der Waals surface area contributed by atoms with Crippen molar-refractivity contribution in [2.45, 2.75) is 6.92 Å². The van der Waals surface area contributed by atoms with Crippen molar-refractivity contribution in [2.24, 2.45) is 0 Å². The van der Waals surface area contributed by atoms with Crippen LogP contribution in [0.2, 0.25) is 0 Å². The first-order chi connectivity index (χ1) is 11.6. The van der Waals surface area contributed by atoms with Crippen molar-refractivity contribution in [3.63, 3.8) is 0 Å². The first kappa shape index (κ1) is 18.4. The molecule has 0 aliphatic carbocycles. The molecule has 6 nitrogen and oxygen atoms in total. The first-order valence-corrected chi connectivity index (χ1v) is 6.95. The molecule has 24 heavy (non-hydrogen) atoms. The fourth-order valence-corrected chi connectivity index (χ4v) is 1.78. The maximum absolute atomic E-state index is 11.6. The van der Waals surface area contributed by atoms with E-state index in [0.717, 1.165) is 0 Å². The maximum atomic E-state index is 11.6. The summed E-state index contributed by atoms with van der Waals surface area (Å²) in [6.07, 6.45) is 2.67. The van der Waals surface area contributed by atoms with Crippen molar-refractivity contribution in [3.05, 3.63) is 53.1 Å². The van der Waals surface area contributed by atoms with Gasteiger partial charge in [0, 0.05) is 5.57 Å². The van der Waals surface area contributed by atoms with E-state index in [2.05, 4.69) is 5.87 Å². The molecule has 0 atom stereocenters. The van der Waals surface area contributed by atoms with Gasteiger partial charge in [-0.2, -0.15) is 10.5 Å². The Hall–Kier alpha value is -3.60. The number of rotatable bonds is 6. The molecule has 0 radical (unpaired) electrons. The van der Waals surface area contributed by atoms with Crippen LogP contribution in [0.15, 0.2) is 47.6 Å². The van der Waals surface area contributed by atoms with Gasteiger partial charge in [0.25, 0.3) is 0 Å². The molecule has 0 saturated heterocycles. The first-order valence-electron chi connectivity index (χ1n) is 6.95. The number of methoxy groups -OCH3 is 1. The minimum Gasteiger partial charge on any atom is -0.497 e. The lowest BCUT2D eigenvalue weighted by molar-refractivity contribution is -0.138. The molecule has 0 bridgehead atoms. The summed E-state index contributed by atoms with van der Waals surface area (Å²) in [7, 11) is 1.53. The number of nitrogens with one attached hydrogen (secondary N) is 1. The molecular formula is C18H15N3O3. The number of carbonyl (C=O) groups is 1. The molecule has 1 rings (SSSR count). The molecule has 0 saturated carbocycles. The van der Waals surface area contributed by atoms with E-state index < -0.39 is 5.97 Å². The summed E-state index contributed by atoms with van der Waals surface area (Å²) in [6.45, 7) is 1.79. The van der Waals surface area contributed by atoms with Gasteiger partial charge in [0.15, 0.2) is 0 Å². The minimum absolute atomic E-state index is 0.0300. The predicted molar refractivity (Wildman–Crippen MR) is 88.2 cm³/mol. The van der Waals surface area contributed by atoms with Crippen LogP contribution in [0.25, 0.3) is 5.57 Å². The van der Waals surface area contributed by atoms with Crippen molar-refractivity contribution >= 4 is 17.4 Å². The Labute approximate surface area is 140 Å². The summed E-state index contributed by atoms with van der Waals surface area (Å²) < 4.78 is 9.85. The number of ether oxygens (including phenoxy) is 2. The van der Waals surface area contributed by atoms with E-state index in [4.69, 9.17) is 25.4 Å². The third-order valence-corrected chi connectivity index (χ3v) is 2.94. The van der Waals surface area contributed by atoms with Crippen molar-refractivity contribution in [2.75, 3.05) is 13.7 Å². The number of allylic oxidation sites excluding steroid dienone is 4. The molecule has 0 aliphatic heterocycles. The molecular weight excluding hydrogens is 306 g/mol. The predicted octanol–water partition coefficient (Wildman–Crippen LogP) is 2.79. The normalized spacial score (nSPS) is 10.8. The van der Waals surface area contributed by atoms with E-state index in [1.54, 1.807) is 37.3 Å². The van der Waals surface area contributed by atoms with E-state index in [9.17, 15) is 4.79 Å². The zero-order valence-electron chi connectivity index (χ0n) is 13.3. The average molecular weight is 321 g/mol. The van der Waals surface area contributed by atoms with Crippen LogP contribution in [0.3, 0.4) is 0 Å². The van der Waals surface area contributed by atoms with E-state index >= 15 is 0 Å². The van der Waals surface area contributed by atoms with Gasteiger partial charge in [-0.15, -0.1) is 0 Å². The summed E-state index contributed by atoms with van der Waals surface area (Å²) >= 11 is 0. The molecule has 0 fully saturated rings. The fraction of sp³-hybridized carbons (Fsp3) is 0.167. The molecule has 1 aromatic carbocycles. The fourth-order valence-electron chi connectivity index (χ4n) is 1.78. The van der Waals surface area contributed by atoms with Crippen molar-refractivity contribution < 1.29 is 14.3 Å². The lowest BCUT2D eigenvalue weighted by atomic mass is 9.98. The maximum Gasteiger partial charge on any atom is 0.348 e. The quantitative estimate of drug-likeness (QED) is 0.285. The lowest BCUT2D eigenvalue weighted by Gasteiger charge is -2.06. The number of benzene rings is 1. The van der Waals surface area contributed by atoms with Gasteiger partial charge in [-0.3, -0.25) is 5.41 Å². The number of nitrogens with zero attached hydrogens (tertiary/aromatic N) is 2. The van der Waals surface area contributed by atoms with Crippen LogP contribution in [-0.4, -0.2) is 25.6 Å². The Kier molecular flexibility index (Phi) is 7.24. The summed E-state index contributed by atoms with van der Waals surface area (Å²) in [4.78, 5) is 11.6. The summed E-state index contributed by atoms with van der Waals surface area (Å²) in [5, 5.41) is 25.4. The van der Waals surface area contributed by atoms with Gasteiger partial charge in [0.05, 0.1) is 13.7 Å². The van der Waals surface area contributed by atoms with Crippen LogP contribution in [0.5, 0.6) is 5.75 Å². The molecule has 0 amide bonds. The van der Waals surface area contributed by atoms with Gasteiger partial charge >= 0.3 is 5.97 Å². The summed E-state index contributed by atoms with van der Waals surface area (Å²) in [5.74, 6) is 1.94. The Morgan fingerprint density at radius 3 is 2.33 bits per heavy atom. The number of hydrogen-bond acceptors (Lipinski definition) is 6. The minimum atomic E-state index is -0.748. The molecule has 0 aromatic heterocycles. The molecule has 0 unspecified atom stereocenters. The highest BCUT2D eigenvalue weighted by molar-refractivity contribution is 5.96. The molecule has 6 heteroatoms. The highest BCUT2D eigenvalue weighted by Gasteiger charge is 2.11. The molecule has 120 valence electrons. The monoisotopic (exact) mass is 321 g/mol. The van der Waals surface area contributed by atoms with Gasteiger partial charge in [-0.1, -0.05) is 18.2 Å². The number of nitriles is 2. The van der Waals surface area contributed by atoms with E-state index in [0.29, 0.717) is 16.9 Å². The van der Waals surface area contributed by atoms with Crippen molar-refractivity contribution in [1.82, 2.24) is 0 Å². The van der Waals surface area contributed by atoms with Crippen LogP contribution in [-0.2, 0) is 9.53 Å². The zero-order chi connectivity index (χ0) is 17.9. The number of carbonyl (C=O) groups excluding carboxylic acids is 1. The Balaban J connectivity index is 3.38. The largest absolute Gasteiger partial charge is 0.497 e. The Morgan fingerprint density at radius 2 is 1.88 bits per heavy atom. The topological polar surface area (TPSA) is 107 Å². The van der Waals surface area contributed by atoms with Gasteiger partial charge in [0.1, 0.15) is 29.0 Å². The second-order valence-corrected chi connectivity index (χ2v) is 4.33. The van der Waals surface area contributed by atoms with Crippen molar-refractivity contribution in [1.29, 1.82) is 15.9 Å². The highest BCUT2D eigenvalue weighted by atomic mass is 16.5. The van der Waals surface area contributed by atoms with Crippen LogP contribution >= 0.6 is 0 Å². The zero-order valence-corrected chi connectivity index (χ0v) is 13.3. The Bertz CT molecular complexity index is 799. The second-order valence-electron chi connectivity index (χ2n) is 4.33. The number of esters is 1. The molecule has 0 heterocycles. The molecule has 1 aromatic rings. The van der Waals surface area contributed by atoms with Gasteiger partial charge in [-0.25, -0.2) is 4.79 Å². The van der Waals surface area contributed by atoms with Gasteiger partial charge in [-0.05, 0) is 36.6 Å². The van der Waals surface area contributed by atoms with E-state index in [-0.39, 0.29) is 17.8 Å². The van der Waals surface area contributed by atoms with E-state index in [1.807, 2.05) is 6.07 Å². The van der Waals surface area contributed by atoms with Crippen LogP contribution in [0.4, 0.5) is 0 Å². The molecule has 1 N–H and O–H groups in total. The second kappa shape index (κ2) is 9.42. The standard InChI is InChI=1S/C18H15N3O3/c1-3-24-18(22)14(10-19)6-9-17(15(11-20)12-21)13-4-7-16(23-2)8-5-13/h4-9,20H,3H2,1-2H3/b14-6+,17-9?. The van der Waals surface area contributed by atoms with Crippen LogP contribution < -0.4 is 4.74 Å². The SMILES string of the molecule is CCOC(=O)/C(C#N)=C/C=C(C(=C=N)C#N)c1ccc(OC)cc1. The average Bonchev–Trinajstić information content (AvgIpc) is 2.62. The van der Waals surface area contributed by atoms with E-state index in [1.165, 1.54) is 19.3 Å². The lowest BCUT2D eigenvalue weighted by Crippen LogP contribution is -2.05. The molecule has 0 spiro atoms. The Morgan fingerprint density at radius 1 is 1.21 bits per heavy atom. The summed E-state index contributed by atoms with van der Waals surface area (Å²) in [5.41, 5.74) is 0.736. The highest BCUT2D eigenvalue weighted by Crippen LogP contribution is 2.24. The molecule has 0 aliphatic rings. The van der Waals surface area contributed by atoms with Crippen molar-refractivity contribution in [3.8, 4) is 17.9 Å². The van der Waals surface area contributed by atoms with Gasteiger partial charge < -0.3 is 9.47 Å². The van der Waals surface area contributed by atoms with Crippen LogP contribution in [0.1, 0.15) is 12.5 Å². The van der Waals surface area contributed by atoms with Gasteiger partial charge in [0.2, 0.25) is 0 Å².